The Morgan fingerprint density at radius 2 is 1.40 bits per heavy atom. The Morgan fingerprint density at radius 1 is 0.850 bits per heavy atom. The fourth-order valence-electron chi connectivity index (χ4n) is 1.82. The van der Waals surface area contributed by atoms with Crippen LogP contribution in [0, 0.1) is 6.92 Å². The molecule has 0 saturated carbocycles. The van der Waals surface area contributed by atoms with Gasteiger partial charge in [0.25, 0.3) is 0 Å². The summed E-state index contributed by atoms with van der Waals surface area (Å²) in [5, 5.41) is 0.138. The molecule has 0 bridgehead atoms. The number of thioether (sulfide) groups is 1. The smallest absolute Gasteiger partial charge is 0.191 e. The van der Waals surface area contributed by atoms with E-state index in [0.717, 1.165) is 4.21 Å². The molecule has 3 rings (SSSR count). The molecule has 0 saturated heterocycles. The van der Waals surface area contributed by atoms with E-state index in [1.807, 2.05) is 28.7 Å². The molecule has 102 valence electrons. The largest absolute Gasteiger partial charge is 0.287 e. The van der Waals surface area contributed by atoms with E-state index in [0.29, 0.717) is 0 Å². The molecular formula is C15H12OS4. The van der Waals surface area contributed by atoms with Gasteiger partial charge in [0.15, 0.2) is 5.12 Å². The van der Waals surface area contributed by atoms with Crippen molar-refractivity contribution in [2.75, 3.05) is 0 Å². The van der Waals surface area contributed by atoms with Gasteiger partial charge in [-0.25, -0.2) is 0 Å². The van der Waals surface area contributed by atoms with Gasteiger partial charge in [0.2, 0.25) is 0 Å². The van der Waals surface area contributed by atoms with Crippen molar-refractivity contribution in [3.05, 3.63) is 41.3 Å². The molecule has 0 radical (unpaired) electrons. The van der Waals surface area contributed by atoms with Crippen molar-refractivity contribution in [3.63, 3.8) is 0 Å². The first-order chi connectivity index (χ1) is 9.61. The van der Waals surface area contributed by atoms with E-state index in [2.05, 4.69) is 37.3 Å². The predicted octanol–water partition coefficient (Wildman–Crippen LogP) is 6.15. The highest BCUT2D eigenvalue weighted by molar-refractivity contribution is 8.15. The molecule has 3 aromatic heterocycles. The average Bonchev–Trinajstić information content (AvgIpc) is 3.06. The van der Waals surface area contributed by atoms with Crippen LogP contribution in [0.2, 0.25) is 0 Å². The van der Waals surface area contributed by atoms with Gasteiger partial charge in [-0.2, -0.15) is 0 Å². The molecule has 0 aliphatic carbocycles. The molecule has 0 spiro atoms. The van der Waals surface area contributed by atoms with Crippen LogP contribution in [0.15, 0.2) is 40.6 Å². The summed E-state index contributed by atoms with van der Waals surface area (Å²) in [6.07, 6.45) is 0. The molecule has 0 N–H and O–H groups in total. The number of hydrogen-bond donors (Lipinski definition) is 0. The van der Waals surface area contributed by atoms with Crippen molar-refractivity contribution in [3.8, 4) is 19.5 Å². The predicted molar refractivity (Wildman–Crippen MR) is 92.2 cm³/mol. The van der Waals surface area contributed by atoms with Crippen LogP contribution in [0.5, 0.6) is 0 Å². The minimum absolute atomic E-state index is 0.138. The Hall–Kier alpha value is -0.880. The van der Waals surface area contributed by atoms with Crippen molar-refractivity contribution in [2.24, 2.45) is 0 Å². The Balaban J connectivity index is 1.86. The second-order valence-electron chi connectivity index (χ2n) is 4.29. The van der Waals surface area contributed by atoms with Crippen LogP contribution >= 0.6 is 45.8 Å². The summed E-state index contributed by atoms with van der Waals surface area (Å²) >= 11 is 6.63. The van der Waals surface area contributed by atoms with Crippen LogP contribution < -0.4 is 0 Å². The van der Waals surface area contributed by atoms with Crippen molar-refractivity contribution in [2.45, 2.75) is 18.1 Å². The zero-order valence-corrected chi connectivity index (χ0v) is 14.3. The quantitative estimate of drug-likeness (QED) is 0.533. The third kappa shape index (κ3) is 3.06. The molecule has 0 fully saturated rings. The van der Waals surface area contributed by atoms with Crippen LogP contribution in [0.3, 0.4) is 0 Å². The van der Waals surface area contributed by atoms with Gasteiger partial charge in [-0.15, -0.1) is 34.0 Å². The Labute approximate surface area is 134 Å². The summed E-state index contributed by atoms with van der Waals surface area (Å²) in [5.41, 5.74) is 0. The topological polar surface area (TPSA) is 17.1 Å². The molecule has 0 amide bonds. The highest BCUT2D eigenvalue weighted by Crippen LogP contribution is 2.41. The van der Waals surface area contributed by atoms with Gasteiger partial charge >= 0.3 is 0 Å². The van der Waals surface area contributed by atoms with E-state index in [-0.39, 0.29) is 5.12 Å². The maximum atomic E-state index is 11.1. The number of rotatable bonds is 3. The lowest BCUT2D eigenvalue weighted by Gasteiger charge is -1.91. The molecule has 1 nitrogen and oxygen atoms in total. The lowest BCUT2D eigenvalue weighted by atomic mass is 10.3. The number of thiophene rings is 3. The second kappa shape index (κ2) is 5.85. The summed E-state index contributed by atoms with van der Waals surface area (Å²) in [7, 11) is 0. The van der Waals surface area contributed by atoms with Gasteiger partial charge in [-0.3, -0.25) is 4.79 Å². The van der Waals surface area contributed by atoms with Gasteiger partial charge in [0.05, 0.1) is 4.21 Å². The fraction of sp³-hybridized carbons (Fsp3) is 0.133. The highest BCUT2D eigenvalue weighted by Gasteiger charge is 2.10. The van der Waals surface area contributed by atoms with E-state index in [1.165, 1.54) is 36.1 Å². The van der Waals surface area contributed by atoms with E-state index >= 15 is 0 Å². The molecule has 5 heteroatoms. The van der Waals surface area contributed by atoms with Gasteiger partial charge in [-0.1, -0.05) is 0 Å². The summed E-state index contributed by atoms with van der Waals surface area (Å²) in [4.78, 5) is 17.6. The zero-order chi connectivity index (χ0) is 14.1. The molecule has 3 aromatic rings. The van der Waals surface area contributed by atoms with Crippen molar-refractivity contribution in [1.29, 1.82) is 0 Å². The Bertz CT molecular complexity index is 747. The standard InChI is InChI=1S/C15H12OS4/c1-9-3-4-11(17-9)12-5-6-13(19-12)14-7-8-15(20-14)18-10(2)16/h3-8H,1-2H3. The van der Waals surface area contributed by atoms with Crippen molar-refractivity contribution >= 4 is 50.9 Å². The van der Waals surface area contributed by atoms with E-state index in [1.54, 1.807) is 18.3 Å². The first kappa shape index (κ1) is 14.1. The van der Waals surface area contributed by atoms with Crippen molar-refractivity contribution in [1.82, 2.24) is 0 Å². The lowest BCUT2D eigenvalue weighted by molar-refractivity contribution is -0.109. The van der Waals surface area contributed by atoms with Gasteiger partial charge in [-0.05, 0) is 55.1 Å². The molecule has 3 heterocycles. The van der Waals surface area contributed by atoms with E-state index in [9.17, 15) is 4.79 Å². The van der Waals surface area contributed by atoms with Crippen LogP contribution in [0.25, 0.3) is 19.5 Å². The number of carbonyl (C=O) groups excluding carboxylic acids is 1. The van der Waals surface area contributed by atoms with Crippen LogP contribution in [-0.4, -0.2) is 5.12 Å². The normalized spacial score (nSPS) is 10.9. The minimum Gasteiger partial charge on any atom is -0.287 e. The third-order valence-electron chi connectivity index (χ3n) is 2.66. The first-order valence-corrected chi connectivity index (χ1v) is 9.34. The Morgan fingerprint density at radius 3 is 2.00 bits per heavy atom. The fourth-order valence-corrected chi connectivity index (χ4v) is 5.82. The summed E-state index contributed by atoms with van der Waals surface area (Å²) in [6, 6.07) is 12.8. The number of carbonyl (C=O) groups is 1. The summed E-state index contributed by atoms with van der Waals surface area (Å²) in [6.45, 7) is 3.74. The van der Waals surface area contributed by atoms with Gasteiger partial charge in [0.1, 0.15) is 0 Å². The monoisotopic (exact) mass is 336 g/mol. The zero-order valence-electron chi connectivity index (χ0n) is 11.0. The molecular weight excluding hydrogens is 324 g/mol. The first-order valence-electron chi connectivity index (χ1n) is 6.07. The van der Waals surface area contributed by atoms with Gasteiger partial charge in [0, 0.05) is 31.3 Å². The summed E-state index contributed by atoms with van der Waals surface area (Å²) in [5.74, 6) is 0. The second-order valence-corrected chi connectivity index (χ2v) is 9.22. The summed E-state index contributed by atoms with van der Waals surface area (Å²) < 4.78 is 1.06. The molecule has 20 heavy (non-hydrogen) atoms. The van der Waals surface area contributed by atoms with Crippen LogP contribution in [-0.2, 0) is 4.79 Å². The lowest BCUT2D eigenvalue weighted by Crippen LogP contribution is -1.75. The van der Waals surface area contributed by atoms with Crippen molar-refractivity contribution < 1.29 is 4.79 Å². The SMILES string of the molecule is CC(=O)Sc1ccc(-c2ccc(-c3ccc(C)s3)s2)s1. The molecule has 0 aromatic carbocycles. The number of hydrogen-bond acceptors (Lipinski definition) is 5. The Kier molecular flexibility index (Phi) is 4.12. The van der Waals surface area contributed by atoms with E-state index in [4.69, 9.17) is 0 Å². The minimum atomic E-state index is 0.138. The number of aryl methyl sites for hydroxylation is 1. The maximum absolute atomic E-state index is 11.1. The molecule has 0 aliphatic rings. The van der Waals surface area contributed by atoms with E-state index < -0.39 is 0 Å². The molecule has 0 aliphatic heterocycles. The molecule has 0 atom stereocenters. The van der Waals surface area contributed by atoms with Crippen LogP contribution in [0.4, 0.5) is 0 Å². The molecule has 0 unspecified atom stereocenters. The maximum Gasteiger partial charge on any atom is 0.191 e. The van der Waals surface area contributed by atoms with Crippen LogP contribution in [0.1, 0.15) is 11.8 Å². The van der Waals surface area contributed by atoms with Gasteiger partial charge < -0.3 is 0 Å². The third-order valence-corrected chi connectivity index (χ3v) is 7.14. The highest BCUT2D eigenvalue weighted by atomic mass is 32.2. The average molecular weight is 337 g/mol.